The van der Waals surface area contributed by atoms with E-state index in [9.17, 15) is 9.90 Å². The summed E-state index contributed by atoms with van der Waals surface area (Å²) >= 11 is 0. The molecule has 4 nitrogen and oxygen atoms in total. The number of aromatic hydroxyl groups is 1. The van der Waals surface area contributed by atoms with Gasteiger partial charge in [0.2, 0.25) is 5.91 Å². The fraction of sp³-hybridized carbons (Fsp3) is 0.250. The molecule has 0 radical (unpaired) electrons. The van der Waals surface area contributed by atoms with Crippen LogP contribution in [-0.2, 0) is 11.2 Å². The molecule has 4 heteroatoms. The van der Waals surface area contributed by atoms with Crippen LogP contribution in [0.25, 0.3) is 6.08 Å². The average Bonchev–Trinajstić information content (AvgIpc) is 2.59. The first kappa shape index (κ1) is 17.8. The minimum atomic E-state index is -0.101. The van der Waals surface area contributed by atoms with Crippen LogP contribution < -0.4 is 5.32 Å². The zero-order chi connectivity index (χ0) is 17.4. The van der Waals surface area contributed by atoms with E-state index in [1.807, 2.05) is 56.6 Å². The van der Waals surface area contributed by atoms with E-state index in [0.29, 0.717) is 6.54 Å². The van der Waals surface area contributed by atoms with Crippen molar-refractivity contribution in [2.75, 3.05) is 20.6 Å². The van der Waals surface area contributed by atoms with Gasteiger partial charge in [0.05, 0.1) is 0 Å². The number of nitrogens with zero attached hydrogens (tertiary/aromatic N) is 1. The van der Waals surface area contributed by atoms with Gasteiger partial charge in [-0.05, 0) is 49.9 Å². The molecule has 2 N–H and O–H groups in total. The van der Waals surface area contributed by atoms with Crippen molar-refractivity contribution in [3.63, 3.8) is 0 Å². The van der Waals surface area contributed by atoms with Gasteiger partial charge in [-0.3, -0.25) is 4.79 Å². The van der Waals surface area contributed by atoms with E-state index in [-0.39, 0.29) is 17.7 Å². The Labute approximate surface area is 143 Å². The van der Waals surface area contributed by atoms with Gasteiger partial charge in [0, 0.05) is 18.7 Å². The molecule has 0 saturated heterocycles. The number of hydrogen-bond donors (Lipinski definition) is 2. The summed E-state index contributed by atoms with van der Waals surface area (Å²) in [6.07, 6.45) is 4.17. The summed E-state index contributed by atoms with van der Waals surface area (Å²) in [5, 5.41) is 12.3. The lowest BCUT2D eigenvalue weighted by atomic mass is 10.0. The quantitative estimate of drug-likeness (QED) is 0.770. The first-order valence-electron chi connectivity index (χ1n) is 8.00. The van der Waals surface area contributed by atoms with Crippen molar-refractivity contribution < 1.29 is 9.90 Å². The van der Waals surface area contributed by atoms with Gasteiger partial charge in [-0.2, -0.15) is 0 Å². The van der Waals surface area contributed by atoms with E-state index >= 15 is 0 Å². The molecule has 0 bridgehead atoms. The van der Waals surface area contributed by atoms with Crippen LogP contribution in [0.2, 0.25) is 0 Å². The van der Waals surface area contributed by atoms with Crippen LogP contribution in [0.4, 0.5) is 0 Å². The molecule has 24 heavy (non-hydrogen) atoms. The Kier molecular flexibility index (Phi) is 6.58. The minimum absolute atomic E-state index is 0.101. The van der Waals surface area contributed by atoms with Gasteiger partial charge < -0.3 is 15.3 Å². The molecule has 0 aromatic heterocycles. The minimum Gasteiger partial charge on any atom is -0.508 e. The molecule has 0 saturated carbocycles. The smallest absolute Gasteiger partial charge is 0.244 e. The Bertz CT molecular complexity index is 664. The second kappa shape index (κ2) is 8.89. The molecular weight excluding hydrogens is 300 g/mol. The van der Waals surface area contributed by atoms with Crippen molar-refractivity contribution in [3.05, 3.63) is 71.8 Å². The number of hydrogen-bond acceptors (Lipinski definition) is 3. The number of phenolic OH excluding ortho intramolecular Hbond substituents is 1. The Hall–Kier alpha value is -2.59. The van der Waals surface area contributed by atoms with Gasteiger partial charge in [-0.1, -0.05) is 42.5 Å². The number of carbonyl (C=O) groups is 1. The van der Waals surface area contributed by atoms with Crippen molar-refractivity contribution in [2.45, 2.75) is 12.5 Å². The van der Waals surface area contributed by atoms with Gasteiger partial charge in [0.25, 0.3) is 0 Å². The first-order valence-corrected chi connectivity index (χ1v) is 8.00. The van der Waals surface area contributed by atoms with E-state index in [1.165, 1.54) is 0 Å². The summed E-state index contributed by atoms with van der Waals surface area (Å²) in [5.41, 5.74) is 2.13. The third kappa shape index (κ3) is 5.89. The molecule has 0 spiro atoms. The number of phenols is 1. The first-order chi connectivity index (χ1) is 11.5. The molecule has 2 rings (SSSR count). The SMILES string of the molecule is CN(C)[C@H](CNC(=O)/C=C/c1ccccc1)Cc1ccc(O)cc1. The summed E-state index contributed by atoms with van der Waals surface area (Å²) in [6.45, 7) is 0.561. The van der Waals surface area contributed by atoms with Gasteiger partial charge in [0.15, 0.2) is 0 Å². The van der Waals surface area contributed by atoms with Crippen molar-refractivity contribution in [3.8, 4) is 5.75 Å². The average molecular weight is 324 g/mol. The predicted octanol–water partition coefficient (Wildman–Crippen LogP) is 2.69. The maximum Gasteiger partial charge on any atom is 0.244 e. The van der Waals surface area contributed by atoms with Crippen LogP contribution in [0, 0.1) is 0 Å². The fourth-order valence-corrected chi connectivity index (χ4v) is 2.35. The molecule has 1 atom stereocenters. The third-order valence-electron chi connectivity index (χ3n) is 3.88. The highest BCUT2D eigenvalue weighted by molar-refractivity contribution is 5.91. The number of carbonyl (C=O) groups excluding carboxylic acids is 1. The van der Waals surface area contributed by atoms with Crippen LogP contribution in [0.3, 0.4) is 0 Å². The number of benzene rings is 2. The summed E-state index contributed by atoms with van der Waals surface area (Å²) in [5.74, 6) is 0.163. The lowest BCUT2D eigenvalue weighted by Crippen LogP contribution is -2.41. The number of amides is 1. The van der Waals surface area contributed by atoms with Crippen molar-refractivity contribution in [2.24, 2.45) is 0 Å². The van der Waals surface area contributed by atoms with Gasteiger partial charge in [-0.25, -0.2) is 0 Å². The molecule has 0 fully saturated rings. The van der Waals surface area contributed by atoms with Crippen LogP contribution in [0.5, 0.6) is 5.75 Å². The predicted molar refractivity (Wildman–Crippen MR) is 97.8 cm³/mol. The Morgan fingerprint density at radius 3 is 2.42 bits per heavy atom. The van der Waals surface area contributed by atoms with E-state index in [2.05, 4.69) is 10.2 Å². The highest BCUT2D eigenvalue weighted by Gasteiger charge is 2.13. The highest BCUT2D eigenvalue weighted by Crippen LogP contribution is 2.12. The molecule has 0 heterocycles. The summed E-state index contributed by atoms with van der Waals surface area (Å²) in [4.78, 5) is 14.1. The molecule has 0 aliphatic heterocycles. The maximum absolute atomic E-state index is 12.0. The van der Waals surface area contributed by atoms with Gasteiger partial charge >= 0.3 is 0 Å². The zero-order valence-electron chi connectivity index (χ0n) is 14.1. The van der Waals surface area contributed by atoms with Gasteiger partial charge in [-0.15, -0.1) is 0 Å². The molecule has 1 amide bonds. The zero-order valence-corrected chi connectivity index (χ0v) is 14.1. The van der Waals surface area contributed by atoms with Crippen LogP contribution in [0.15, 0.2) is 60.7 Å². The van der Waals surface area contributed by atoms with Crippen molar-refractivity contribution >= 4 is 12.0 Å². The number of rotatable bonds is 7. The lowest BCUT2D eigenvalue weighted by molar-refractivity contribution is -0.116. The Balaban J connectivity index is 1.87. The molecular formula is C20H24N2O2. The number of likely N-dealkylation sites (N-methyl/N-ethyl adjacent to an activating group) is 1. The summed E-state index contributed by atoms with van der Waals surface area (Å²) in [7, 11) is 3.99. The highest BCUT2D eigenvalue weighted by atomic mass is 16.3. The maximum atomic E-state index is 12.0. The topological polar surface area (TPSA) is 52.6 Å². The normalized spacial score (nSPS) is 12.5. The molecule has 0 aliphatic carbocycles. The van der Waals surface area contributed by atoms with Crippen LogP contribution in [0.1, 0.15) is 11.1 Å². The monoisotopic (exact) mass is 324 g/mol. The molecule has 0 aliphatic rings. The molecule has 2 aromatic rings. The fourth-order valence-electron chi connectivity index (χ4n) is 2.35. The van der Waals surface area contributed by atoms with Crippen LogP contribution >= 0.6 is 0 Å². The molecule has 126 valence electrons. The van der Waals surface area contributed by atoms with Crippen molar-refractivity contribution in [1.82, 2.24) is 10.2 Å². The molecule has 0 unspecified atom stereocenters. The van der Waals surface area contributed by atoms with E-state index in [1.54, 1.807) is 24.3 Å². The molecule has 2 aromatic carbocycles. The van der Waals surface area contributed by atoms with Gasteiger partial charge in [0.1, 0.15) is 5.75 Å². The summed E-state index contributed by atoms with van der Waals surface area (Å²) in [6, 6.07) is 17.1. The second-order valence-corrected chi connectivity index (χ2v) is 5.98. The summed E-state index contributed by atoms with van der Waals surface area (Å²) < 4.78 is 0. The Morgan fingerprint density at radius 2 is 1.79 bits per heavy atom. The van der Waals surface area contributed by atoms with E-state index in [0.717, 1.165) is 17.5 Å². The Morgan fingerprint density at radius 1 is 1.12 bits per heavy atom. The second-order valence-electron chi connectivity index (χ2n) is 5.98. The number of nitrogens with one attached hydrogen (secondary N) is 1. The van der Waals surface area contributed by atoms with Crippen LogP contribution in [-0.4, -0.2) is 42.6 Å². The lowest BCUT2D eigenvalue weighted by Gasteiger charge is -2.24. The largest absolute Gasteiger partial charge is 0.508 e. The third-order valence-corrected chi connectivity index (χ3v) is 3.88. The standard InChI is InChI=1S/C20H24N2O2/c1-22(2)18(14-17-8-11-19(23)12-9-17)15-21-20(24)13-10-16-6-4-3-5-7-16/h3-13,18,23H,14-15H2,1-2H3,(H,21,24)/b13-10+/t18-/m0/s1. The van der Waals surface area contributed by atoms with E-state index in [4.69, 9.17) is 0 Å². The van der Waals surface area contributed by atoms with E-state index < -0.39 is 0 Å². The van der Waals surface area contributed by atoms with Crippen molar-refractivity contribution in [1.29, 1.82) is 0 Å².